The van der Waals surface area contributed by atoms with Crippen LogP contribution in [0.3, 0.4) is 0 Å². The molecule has 2 atom stereocenters. The Morgan fingerprint density at radius 1 is 1.36 bits per heavy atom. The summed E-state index contributed by atoms with van der Waals surface area (Å²) in [6.45, 7) is 8.66. The Labute approximate surface area is 134 Å². The summed E-state index contributed by atoms with van der Waals surface area (Å²) in [5, 5.41) is 8.94. The van der Waals surface area contributed by atoms with Crippen molar-refractivity contribution < 1.29 is 14.3 Å². The van der Waals surface area contributed by atoms with Crippen LogP contribution in [-0.2, 0) is 24.1 Å². The molecule has 1 aromatic heterocycles. The molecule has 0 saturated carbocycles. The van der Waals surface area contributed by atoms with E-state index < -0.39 is 5.97 Å². The van der Waals surface area contributed by atoms with Crippen LogP contribution in [0.15, 0.2) is 22.6 Å². The van der Waals surface area contributed by atoms with Crippen molar-refractivity contribution in [3.8, 4) is 0 Å². The molecule has 124 valence electrons. The number of carboxylic acids is 1. The number of carboxylic acid groups (broad SMARTS) is 1. The summed E-state index contributed by atoms with van der Waals surface area (Å²) in [6.07, 6.45) is 9.63. The van der Waals surface area contributed by atoms with Crippen LogP contribution in [0.5, 0.6) is 0 Å². The molecule has 0 spiro atoms. The van der Waals surface area contributed by atoms with E-state index in [0.29, 0.717) is 17.6 Å². The second-order valence-corrected chi connectivity index (χ2v) is 6.13. The minimum Gasteiger partial charge on any atom is -0.481 e. The highest BCUT2D eigenvalue weighted by molar-refractivity contribution is 5.69. The standard InChI is InChI=1S/C19H30O3/c1-5-8-9-15(6-2)10-14(4)11-17-12-16(7-3)18(22-17)13-19(20)21/h8-9,12,14-15H,5-7,10-11,13H2,1-4H3,(H,20,21)/b9-8+/t14-,15-/m0/s1. The van der Waals surface area contributed by atoms with Gasteiger partial charge in [0.05, 0.1) is 0 Å². The zero-order valence-electron chi connectivity index (χ0n) is 14.4. The third-order valence-corrected chi connectivity index (χ3v) is 4.06. The average molecular weight is 306 g/mol. The predicted molar refractivity (Wildman–Crippen MR) is 90.1 cm³/mol. The lowest BCUT2D eigenvalue weighted by Crippen LogP contribution is -2.06. The van der Waals surface area contributed by atoms with Crippen LogP contribution in [0.2, 0.25) is 0 Å². The van der Waals surface area contributed by atoms with Crippen molar-refractivity contribution in [2.24, 2.45) is 11.8 Å². The molecule has 0 amide bonds. The Morgan fingerprint density at radius 3 is 2.64 bits per heavy atom. The lowest BCUT2D eigenvalue weighted by atomic mass is 9.90. The van der Waals surface area contributed by atoms with Crippen LogP contribution < -0.4 is 0 Å². The van der Waals surface area contributed by atoms with Gasteiger partial charge in [-0.1, -0.05) is 39.8 Å². The molecule has 1 rings (SSSR count). The minimum atomic E-state index is -0.834. The molecule has 1 aromatic rings. The van der Waals surface area contributed by atoms with Crippen molar-refractivity contribution in [2.45, 2.75) is 66.2 Å². The van der Waals surface area contributed by atoms with Gasteiger partial charge in [-0.2, -0.15) is 0 Å². The summed E-state index contributed by atoms with van der Waals surface area (Å²) >= 11 is 0. The van der Waals surface area contributed by atoms with Gasteiger partial charge < -0.3 is 9.52 Å². The number of rotatable bonds is 10. The normalized spacial score (nSPS) is 14.4. The van der Waals surface area contributed by atoms with Gasteiger partial charge in [0.1, 0.15) is 17.9 Å². The fourth-order valence-corrected chi connectivity index (χ4v) is 2.87. The van der Waals surface area contributed by atoms with Gasteiger partial charge in [-0.25, -0.2) is 0 Å². The Kier molecular flexibility index (Phi) is 8.00. The maximum atomic E-state index is 10.9. The van der Waals surface area contributed by atoms with E-state index in [1.54, 1.807) is 0 Å². The molecule has 0 saturated heterocycles. The summed E-state index contributed by atoms with van der Waals surface area (Å²) in [5.74, 6) is 1.86. The number of carbonyl (C=O) groups is 1. The SMILES string of the molecule is CC/C=C/[C@H](CC)C[C@H](C)Cc1cc(CC)c(CC(=O)O)o1. The van der Waals surface area contributed by atoms with Crippen molar-refractivity contribution in [1.82, 2.24) is 0 Å². The quantitative estimate of drug-likeness (QED) is 0.617. The van der Waals surface area contributed by atoms with Crippen molar-refractivity contribution in [3.05, 3.63) is 35.3 Å². The van der Waals surface area contributed by atoms with Crippen molar-refractivity contribution >= 4 is 5.97 Å². The Bertz CT molecular complexity index is 485. The van der Waals surface area contributed by atoms with E-state index in [4.69, 9.17) is 9.52 Å². The monoisotopic (exact) mass is 306 g/mol. The molecular weight excluding hydrogens is 276 g/mol. The molecule has 3 heteroatoms. The van der Waals surface area contributed by atoms with Gasteiger partial charge in [-0.15, -0.1) is 0 Å². The van der Waals surface area contributed by atoms with E-state index in [1.165, 1.54) is 0 Å². The summed E-state index contributed by atoms with van der Waals surface area (Å²) in [6, 6.07) is 2.04. The maximum absolute atomic E-state index is 10.9. The van der Waals surface area contributed by atoms with Crippen LogP contribution in [0.4, 0.5) is 0 Å². The van der Waals surface area contributed by atoms with Crippen LogP contribution in [0, 0.1) is 11.8 Å². The third-order valence-electron chi connectivity index (χ3n) is 4.06. The first-order valence-corrected chi connectivity index (χ1v) is 8.48. The maximum Gasteiger partial charge on any atom is 0.311 e. The fourth-order valence-electron chi connectivity index (χ4n) is 2.87. The highest BCUT2D eigenvalue weighted by atomic mass is 16.4. The smallest absolute Gasteiger partial charge is 0.311 e. The predicted octanol–water partition coefficient (Wildman–Crippen LogP) is 5.03. The molecular formula is C19H30O3. The number of aliphatic carboxylic acids is 1. The molecule has 0 aliphatic rings. The zero-order chi connectivity index (χ0) is 16.5. The first kappa shape index (κ1) is 18.5. The second kappa shape index (κ2) is 9.50. The number of hydrogen-bond donors (Lipinski definition) is 1. The van der Waals surface area contributed by atoms with Gasteiger partial charge in [0, 0.05) is 6.42 Å². The second-order valence-electron chi connectivity index (χ2n) is 6.13. The molecule has 1 heterocycles. The molecule has 3 nitrogen and oxygen atoms in total. The Hall–Kier alpha value is -1.51. The van der Waals surface area contributed by atoms with Gasteiger partial charge in [0.2, 0.25) is 0 Å². The van der Waals surface area contributed by atoms with E-state index in [-0.39, 0.29) is 6.42 Å². The van der Waals surface area contributed by atoms with Crippen molar-refractivity contribution in [3.63, 3.8) is 0 Å². The number of aryl methyl sites for hydroxylation is 1. The zero-order valence-corrected chi connectivity index (χ0v) is 14.4. The van der Waals surface area contributed by atoms with Crippen LogP contribution >= 0.6 is 0 Å². The first-order chi connectivity index (χ1) is 10.5. The van der Waals surface area contributed by atoms with Crippen molar-refractivity contribution in [2.75, 3.05) is 0 Å². The van der Waals surface area contributed by atoms with Crippen molar-refractivity contribution in [1.29, 1.82) is 0 Å². The van der Waals surface area contributed by atoms with Crippen LogP contribution in [0.25, 0.3) is 0 Å². The van der Waals surface area contributed by atoms with Gasteiger partial charge in [0.25, 0.3) is 0 Å². The molecule has 1 N–H and O–H groups in total. The third kappa shape index (κ3) is 6.08. The van der Waals surface area contributed by atoms with E-state index >= 15 is 0 Å². The topological polar surface area (TPSA) is 50.4 Å². The summed E-state index contributed by atoms with van der Waals surface area (Å²) in [5.41, 5.74) is 1.03. The number of hydrogen-bond acceptors (Lipinski definition) is 2. The van der Waals surface area contributed by atoms with E-state index in [0.717, 1.165) is 43.4 Å². The molecule has 0 aromatic carbocycles. The Morgan fingerprint density at radius 2 is 2.09 bits per heavy atom. The lowest BCUT2D eigenvalue weighted by molar-refractivity contribution is -0.136. The summed E-state index contributed by atoms with van der Waals surface area (Å²) in [4.78, 5) is 10.9. The minimum absolute atomic E-state index is 0.0195. The highest BCUT2D eigenvalue weighted by Crippen LogP contribution is 2.24. The average Bonchev–Trinajstić information content (AvgIpc) is 2.83. The van der Waals surface area contributed by atoms with Gasteiger partial charge >= 0.3 is 5.97 Å². The molecule has 22 heavy (non-hydrogen) atoms. The van der Waals surface area contributed by atoms with E-state index in [9.17, 15) is 4.79 Å². The van der Waals surface area contributed by atoms with E-state index in [2.05, 4.69) is 32.9 Å². The van der Waals surface area contributed by atoms with Gasteiger partial charge in [0.15, 0.2) is 0 Å². The molecule has 0 aliphatic heterocycles. The number of allylic oxidation sites excluding steroid dienone is 2. The van der Waals surface area contributed by atoms with E-state index in [1.807, 2.05) is 13.0 Å². The van der Waals surface area contributed by atoms with Gasteiger partial charge in [-0.05, 0) is 49.1 Å². The number of furan rings is 1. The van der Waals surface area contributed by atoms with Gasteiger partial charge in [-0.3, -0.25) is 4.79 Å². The summed E-state index contributed by atoms with van der Waals surface area (Å²) < 4.78 is 5.78. The Balaban J connectivity index is 2.67. The molecule has 0 bridgehead atoms. The van der Waals surface area contributed by atoms with Crippen LogP contribution in [-0.4, -0.2) is 11.1 Å². The molecule has 0 radical (unpaired) electrons. The van der Waals surface area contributed by atoms with Crippen LogP contribution in [0.1, 0.15) is 64.0 Å². The fraction of sp³-hybridized carbons (Fsp3) is 0.632. The largest absolute Gasteiger partial charge is 0.481 e. The lowest BCUT2D eigenvalue weighted by Gasteiger charge is -2.15. The molecule has 0 aliphatic carbocycles. The molecule has 0 fully saturated rings. The highest BCUT2D eigenvalue weighted by Gasteiger charge is 2.16. The summed E-state index contributed by atoms with van der Waals surface area (Å²) in [7, 11) is 0. The molecule has 0 unspecified atom stereocenters. The first-order valence-electron chi connectivity index (χ1n) is 8.48.